The molecule has 1 aliphatic rings. The van der Waals surface area contributed by atoms with Crippen LogP contribution in [0.3, 0.4) is 0 Å². The fourth-order valence-corrected chi connectivity index (χ4v) is 2.09. The number of likely N-dealkylation sites (tertiary alicyclic amines) is 1. The Morgan fingerprint density at radius 3 is 2.63 bits per heavy atom. The highest BCUT2D eigenvalue weighted by atomic mass is 19.4. The summed E-state index contributed by atoms with van der Waals surface area (Å²) >= 11 is 0. The summed E-state index contributed by atoms with van der Waals surface area (Å²) in [6, 6.07) is -0.415. The van der Waals surface area contributed by atoms with Crippen molar-refractivity contribution in [3.63, 3.8) is 0 Å². The van der Waals surface area contributed by atoms with Gasteiger partial charge in [0.25, 0.3) is 0 Å². The summed E-state index contributed by atoms with van der Waals surface area (Å²) in [6.07, 6.45) is -3.18. The molecule has 0 amide bonds. The van der Waals surface area contributed by atoms with Crippen molar-refractivity contribution in [2.45, 2.75) is 37.9 Å². The molecule has 1 atom stereocenters. The lowest BCUT2D eigenvalue weighted by Crippen LogP contribution is -2.30. The van der Waals surface area contributed by atoms with E-state index in [1.165, 1.54) is 0 Å². The Bertz CT molecular complexity index is 401. The third kappa shape index (κ3) is 4.46. The summed E-state index contributed by atoms with van der Waals surface area (Å²) in [7, 11) is 0. The zero-order valence-corrected chi connectivity index (χ0v) is 10.5. The van der Waals surface area contributed by atoms with E-state index >= 15 is 0 Å². The summed E-state index contributed by atoms with van der Waals surface area (Å²) in [5.41, 5.74) is 5.92. The molecular weight excluding hydrogens is 261 g/mol. The van der Waals surface area contributed by atoms with E-state index < -0.39 is 18.6 Å². The van der Waals surface area contributed by atoms with E-state index in [1.807, 2.05) is 0 Å². The average Bonchev–Trinajstić information content (AvgIpc) is 2.95. The highest BCUT2D eigenvalue weighted by Crippen LogP contribution is 2.22. The minimum absolute atomic E-state index is 0.0100. The molecule has 1 aliphatic heterocycles. The molecule has 0 bridgehead atoms. The molecule has 1 unspecified atom stereocenters. The van der Waals surface area contributed by atoms with Crippen LogP contribution < -0.4 is 5.73 Å². The van der Waals surface area contributed by atoms with Gasteiger partial charge in [-0.1, -0.05) is 5.16 Å². The van der Waals surface area contributed by atoms with Crippen LogP contribution >= 0.6 is 0 Å². The Hall–Kier alpha value is -1.15. The van der Waals surface area contributed by atoms with Crippen LogP contribution in [-0.4, -0.2) is 40.9 Å². The van der Waals surface area contributed by atoms with Gasteiger partial charge < -0.3 is 15.2 Å². The van der Waals surface area contributed by atoms with E-state index in [-0.39, 0.29) is 18.1 Å². The van der Waals surface area contributed by atoms with Gasteiger partial charge in [0, 0.05) is 13.0 Å². The Labute approximate surface area is 108 Å². The van der Waals surface area contributed by atoms with Crippen LogP contribution in [0.5, 0.6) is 0 Å². The van der Waals surface area contributed by atoms with Crippen molar-refractivity contribution in [2.24, 2.45) is 5.73 Å². The second kappa shape index (κ2) is 5.87. The van der Waals surface area contributed by atoms with E-state index in [2.05, 4.69) is 15.0 Å². The number of aromatic nitrogens is 2. The maximum atomic E-state index is 12.1. The van der Waals surface area contributed by atoms with Gasteiger partial charge in [-0.05, 0) is 25.9 Å². The molecule has 108 valence electrons. The zero-order valence-electron chi connectivity index (χ0n) is 10.5. The molecule has 2 N–H and O–H groups in total. The predicted molar refractivity (Wildman–Crippen MR) is 61.3 cm³/mol. The first kappa shape index (κ1) is 14.3. The SMILES string of the molecule is NC(CN1CCCC1)c1noc(CCC(F)(F)F)n1. The Morgan fingerprint density at radius 1 is 1.32 bits per heavy atom. The number of alkyl halides is 3. The monoisotopic (exact) mass is 278 g/mol. The number of nitrogens with zero attached hydrogens (tertiary/aromatic N) is 3. The quantitative estimate of drug-likeness (QED) is 0.887. The molecule has 8 heteroatoms. The van der Waals surface area contributed by atoms with Gasteiger partial charge in [-0.3, -0.25) is 0 Å². The van der Waals surface area contributed by atoms with Crippen molar-refractivity contribution in [1.29, 1.82) is 0 Å². The van der Waals surface area contributed by atoms with Gasteiger partial charge >= 0.3 is 6.18 Å². The first-order valence-corrected chi connectivity index (χ1v) is 6.31. The van der Waals surface area contributed by atoms with Crippen molar-refractivity contribution < 1.29 is 17.7 Å². The smallest absolute Gasteiger partial charge is 0.339 e. The van der Waals surface area contributed by atoms with Gasteiger partial charge in [-0.25, -0.2) is 0 Å². The van der Waals surface area contributed by atoms with Crippen molar-refractivity contribution >= 4 is 0 Å². The van der Waals surface area contributed by atoms with Crippen molar-refractivity contribution in [3.05, 3.63) is 11.7 Å². The third-order valence-electron chi connectivity index (χ3n) is 3.09. The largest absolute Gasteiger partial charge is 0.389 e. The molecule has 1 aromatic rings. The summed E-state index contributed by atoms with van der Waals surface area (Å²) in [5, 5.41) is 3.65. The Balaban J connectivity index is 1.85. The van der Waals surface area contributed by atoms with Crippen LogP contribution in [0.25, 0.3) is 0 Å². The fraction of sp³-hybridized carbons (Fsp3) is 0.818. The Kier molecular flexibility index (Phi) is 4.41. The van der Waals surface area contributed by atoms with Crippen LogP contribution in [-0.2, 0) is 6.42 Å². The molecule has 0 aliphatic carbocycles. The molecule has 19 heavy (non-hydrogen) atoms. The van der Waals surface area contributed by atoms with Crippen molar-refractivity contribution in [1.82, 2.24) is 15.0 Å². The number of rotatable bonds is 5. The van der Waals surface area contributed by atoms with E-state index in [0.29, 0.717) is 6.54 Å². The van der Waals surface area contributed by atoms with Gasteiger partial charge in [0.05, 0.1) is 12.5 Å². The second-order valence-electron chi connectivity index (χ2n) is 4.78. The minimum Gasteiger partial charge on any atom is -0.339 e. The fourth-order valence-electron chi connectivity index (χ4n) is 2.09. The van der Waals surface area contributed by atoms with Crippen LogP contribution in [0.15, 0.2) is 4.52 Å². The molecule has 0 aromatic carbocycles. The molecule has 5 nitrogen and oxygen atoms in total. The van der Waals surface area contributed by atoms with Gasteiger partial charge in [-0.2, -0.15) is 18.2 Å². The molecule has 2 heterocycles. The van der Waals surface area contributed by atoms with Gasteiger partial charge in [0.15, 0.2) is 5.82 Å². The number of halogens is 3. The number of nitrogens with two attached hydrogens (primary N) is 1. The highest BCUT2D eigenvalue weighted by molar-refractivity contribution is 4.95. The normalized spacial score (nSPS) is 18.9. The van der Waals surface area contributed by atoms with Gasteiger partial charge in [0.1, 0.15) is 0 Å². The van der Waals surface area contributed by atoms with Crippen LogP contribution in [0.2, 0.25) is 0 Å². The van der Waals surface area contributed by atoms with Gasteiger partial charge in [-0.15, -0.1) is 0 Å². The molecule has 0 saturated carbocycles. The van der Waals surface area contributed by atoms with Crippen LogP contribution in [0, 0.1) is 0 Å². The summed E-state index contributed by atoms with van der Waals surface area (Å²) < 4.78 is 41.0. The van der Waals surface area contributed by atoms with E-state index in [0.717, 1.165) is 25.9 Å². The number of aryl methyl sites for hydroxylation is 1. The summed E-state index contributed by atoms with van der Waals surface area (Å²) in [4.78, 5) is 6.12. The molecule has 1 aromatic heterocycles. The van der Waals surface area contributed by atoms with E-state index in [9.17, 15) is 13.2 Å². The predicted octanol–water partition coefficient (Wildman–Crippen LogP) is 1.66. The second-order valence-corrected chi connectivity index (χ2v) is 4.78. The lowest BCUT2D eigenvalue weighted by atomic mass is 10.2. The molecule has 0 radical (unpaired) electrons. The summed E-state index contributed by atoms with van der Waals surface area (Å²) in [6.45, 7) is 2.59. The van der Waals surface area contributed by atoms with Crippen molar-refractivity contribution in [3.8, 4) is 0 Å². The lowest BCUT2D eigenvalue weighted by Gasteiger charge is -2.17. The van der Waals surface area contributed by atoms with Crippen LogP contribution in [0.1, 0.15) is 37.0 Å². The third-order valence-corrected chi connectivity index (χ3v) is 3.09. The standard InChI is InChI=1S/C11H17F3N4O/c12-11(13,14)4-3-9-16-10(17-19-9)8(15)7-18-5-1-2-6-18/h8H,1-7,15H2. The first-order chi connectivity index (χ1) is 8.94. The minimum atomic E-state index is -4.22. The maximum Gasteiger partial charge on any atom is 0.389 e. The number of hydrogen-bond acceptors (Lipinski definition) is 5. The average molecular weight is 278 g/mol. The van der Waals surface area contributed by atoms with Gasteiger partial charge in [0.2, 0.25) is 5.89 Å². The molecule has 2 rings (SSSR count). The van der Waals surface area contributed by atoms with E-state index in [4.69, 9.17) is 10.3 Å². The van der Waals surface area contributed by atoms with E-state index in [1.54, 1.807) is 0 Å². The zero-order chi connectivity index (χ0) is 13.9. The number of hydrogen-bond donors (Lipinski definition) is 1. The molecular formula is C11H17F3N4O. The molecule has 1 saturated heterocycles. The lowest BCUT2D eigenvalue weighted by molar-refractivity contribution is -0.134. The maximum absolute atomic E-state index is 12.1. The van der Waals surface area contributed by atoms with Crippen LogP contribution in [0.4, 0.5) is 13.2 Å². The first-order valence-electron chi connectivity index (χ1n) is 6.31. The molecule has 1 fully saturated rings. The summed E-state index contributed by atoms with van der Waals surface area (Å²) in [5.74, 6) is 0.272. The molecule has 0 spiro atoms. The van der Waals surface area contributed by atoms with Crippen molar-refractivity contribution in [2.75, 3.05) is 19.6 Å². The Morgan fingerprint density at radius 2 is 2.00 bits per heavy atom. The topological polar surface area (TPSA) is 68.2 Å². The highest BCUT2D eigenvalue weighted by Gasteiger charge is 2.28.